The van der Waals surface area contributed by atoms with Gasteiger partial charge in [-0.1, -0.05) is 18.2 Å². The fraction of sp³-hybridized carbons (Fsp3) is 0.240. The normalized spacial score (nSPS) is 14.8. The molecule has 7 nitrogen and oxygen atoms in total. The molecule has 0 saturated heterocycles. The van der Waals surface area contributed by atoms with Gasteiger partial charge in [0.2, 0.25) is 0 Å². The SMILES string of the molecule is O=C(Nc1cccc2c1CCCC2)c1cccc(NS(=O)(=O)c2ccc3c(c2)OCCO3)c1. The smallest absolute Gasteiger partial charge is 0.262 e. The topological polar surface area (TPSA) is 93.7 Å². The highest BCUT2D eigenvalue weighted by Crippen LogP contribution is 2.33. The van der Waals surface area contributed by atoms with Crippen LogP contribution in [0.25, 0.3) is 0 Å². The lowest BCUT2D eigenvalue weighted by atomic mass is 9.90. The maximum absolute atomic E-state index is 12.9. The van der Waals surface area contributed by atoms with Crippen LogP contribution in [0.4, 0.5) is 11.4 Å². The highest BCUT2D eigenvalue weighted by molar-refractivity contribution is 7.92. The molecular formula is C25H24N2O5S. The Morgan fingerprint density at radius 1 is 0.848 bits per heavy atom. The van der Waals surface area contributed by atoms with Crippen LogP contribution in [0.2, 0.25) is 0 Å². The quantitative estimate of drug-likeness (QED) is 0.584. The van der Waals surface area contributed by atoms with Crippen molar-refractivity contribution in [3.8, 4) is 11.5 Å². The van der Waals surface area contributed by atoms with E-state index in [9.17, 15) is 13.2 Å². The molecule has 33 heavy (non-hydrogen) atoms. The molecule has 5 rings (SSSR count). The van der Waals surface area contributed by atoms with E-state index in [2.05, 4.69) is 16.1 Å². The summed E-state index contributed by atoms with van der Waals surface area (Å²) >= 11 is 0. The first kappa shape index (κ1) is 21.3. The molecule has 170 valence electrons. The Labute approximate surface area is 192 Å². The van der Waals surface area contributed by atoms with Gasteiger partial charge in [0.05, 0.1) is 4.90 Å². The zero-order valence-corrected chi connectivity index (χ0v) is 18.8. The van der Waals surface area contributed by atoms with Crippen molar-refractivity contribution in [2.45, 2.75) is 30.6 Å². The van der Waals surface area contributed by atoms with E-state index in [1.165, 1.54) is 29.3 Å². The number of aryl methyl sites for hydroxylation is 1. The lowest BCUT2D eigenvalue weighted by molar-refractivity contribution is 0.102. The molecule has 2 aliphatic rings. The molecule has 0 unspecified atom stereocenters. The molecule has 3 aromatic carbocycles. The summed E-state index contributed by atoms with van der Waals surface area (Å²) in [5.74, 6) is 0.625. The number of sulfonamides is 1. The van der Waals surface area contributed by atoms with Crippen LogP contribution in [0, 0.1) is 0 Å². The van der Waals surface area contributed by atoms with Crippen LogP contribution in [0.3, 0.4) is 0 Å². The summed E-state index contributed by atoms with van der Waals surface area (Å²) in [6.07, 6.45) is 4.24. The lowest BCUT2D eigenvalue weighted by Crippen LogP contribution is -2.18. The molecule has 0 radical (unpaired) electrons. The molecule has 8 heteroatoms. The van der Waals surface area contributed by atoms with E-state index in [4.69, 9.17) is 9.47 Å². The van der Waals surface area contributed by atoms with Crippen LogP contribution < -0.4 is 19.5 Å². The van der Waals surface area contributed by atoms with Gasteiger partial charge in [-0.3, -0.25) is 9.52 Å². The summed E-state index contributed by atoms with van der Waals surface area (Å²) in [4.78, 5) is 13.0. The molecule has 1 heterocycles. The minimum absolute atomic E-state index is 0.0533. The average Bonchev–Trinajstić information content (AvgIpc) is 2.84. The first-order chi connectivity index (χ1) is 16.0. The number of fused-ring (bicyclic) bond motifs is 2. The third kappa shape index (κ3) is 4.52. The van der Waals surface area contributed by atoms with Gasteiger partial charge in [-0.15, -0.1) is 0 Å². The number of benzene rings is 3. The Morgan fingerprint density at radius 2 is 1.64 bits per heavy atom. The standard InChI is InChI=1S/C25H24N2O5S/c28-25(26-22-10-4-6-17-5-1-2-9-21(17)22)18-7-3-8-19(15-18)27-33(29,30)20-11-12-23-24(16-20)32-14-13-31-23/h3-4,6-8,10-12,15-16,27H,1-2,5,9,13-14H2,(H,26,28). The van der Waals surface area contributed by atoms with Gasteiger partial charge >= 0.3 is 0 Å². The van der Waals surface area contributed by atoms with E-state index >= 15 is 0 Å². The minimum Gasteiger partial charge on any atom is -0.486 e. The van der Waals surface area contributed by atoms with E-state index in [1.807, 2.05) is 12.1 Å². The lowest BCUT2D eigenvalue weighted by Gasteiger charge is -2.20. The number of nitrogens with one attached hydrogen (secondary N) is 2. The molecular weight excluding hydrogens is 440 g/mol. The van der Waals surface area contributed by atoms with Gasteiger partial charge < -0.3 is 14.8 Å². The largest absolute Gasteiger partial charge is 0.486 e. The summed E-state index contributed by atoms with van der Waals surface area (Å²) in [5, 5.41) is 3.00. The minimum atomic E-state index is -3.88. The second-order valence-corrected chi connectivity index (χ2v) is 9.78. The van der Waals surface area contributed by atoms with Crippen molar-refractivity contribution in [2.24, 2.45) is 0 Å². The number of anilines is 2. The zero-order valence-electron chi connectivity index (χ0n) is 18.0. The fourth-order valence-corrected chi connectivity index (χ4v) is 5.29. The monoisotopic (exact) mass is 464 g/mol. The molecule has 1 aliphatic carbocycles. The van der Waals surface area contributed by atoms with Gasteiger partial charge in [0, 0.05) is 23.0 Å². The van der Waals surface area contributed by atoms with Crippen LogP contribution in [-0.4, -0.2) is 27.5 Å². The average molecular weight is 465 g/mol. The molecule has 0 saturated carbocycles. The molecule has 0 spiro atoms. The second-order valence-electron chi connectivity index (χ2n) is 8.10. The maximum Gasteiger partial charge on any atom is 0.262 e. The van der Waals surface area contributed by atoms with Crippen molar-refractivity contribution >= 4 is 27.3 Å². The van der Waals surface area contributed by atoms with Crippen LogP contribution in [0.5, 0.6) is 11.5 Å². The summed E-state index contributed by atoms with van der Waals surface area (Å²) in [7, 11) is -3.88. The van der Waals surface area contributed by atoms with Crippen LogP contribution in [-0.2, 0) is 22.9 Å². The van der Waals surface area contributed by atoms with E-state index in [0.717, 1.165) is 31.4 Å². The number of carbonyl (C=O) groups is 1. The number of ether oxygens (including phenoxy) is 2. The number of hydrogen-bond acceptors (Lipinski definition) is 5. The van der Waals surface area contributed by atoms with Crippen LogP contribution in [0.1, 0.15) is 34.3 Å². The second kappa shape index (κ2) is 8.78. The van der Waals surface area contributed by atoms with Crippen molar-refractivity contribution in [1.82, 2.24) is 0 Å². The van der Waals surface area contributed by atoms with Crippen molar-refractivity contribution in [3.63, 3.8) is 0 Å². The van der Waals surface area contributed by atoms with E-state index < -0.39 is 10.0 Å². The Kier molecular flexibility index (Phi) is 5.68. The number of rotatable bonds is 5. The fourth-order valence-electron chi connectivity index (χ4n) is 4.22. The predicted molar refractivity (Wildman–Crippen MR) is 126 cm³/mol. The highest BCUT2D eigenvalue weighted by Gasteiger charge is 2.20. The molecule has 2 N–H and O–H groups in total. The van der Waals surface area contributed by atoms with Gasteiger partial charge in [-0.2, -0.15) is 0 Å². The highest BCUT2D eigenvalue weighted by atomic mass is 32.2. The first-order valence-electron chi connectivity index (χ1n) is 10.9. The summed E-state index contributed by atoms with van der Waals surface area (Å²) < 4.78 is 39.3. The predicted octanol–water partition coefficient (Wildman–Crippen LogP) is 4.39. The van der Waals surface area contributed by atoms with Gasteiger partial charge in [0.1, 0.15) is 13.2 Å². The van der Waals surface area contributed by atoms with Gasteiger partial charge in [0.25, 0.3) is 15.9 Å². The van der Waals surface area contributed by atoms with Gasteiger partial charge in [0.15, 0.2) is 11.5 Å². The van der Waals surface area contributed by atoms with Gasteiger partial charge in [-0.25, -0.2) is 8.42 Å². The molecule has 3 aromatic rings. The first-order valence-corrected chi connectivity index (χ1v) is 12.4. The molecule has 0 fully saturated rings. The molecule has 0 atom stereocenters. The van der Waals surface area contributed by atoms with Crippen LogP contribution in [0.15, 0.2) is 65.6 Å². The number of hydrogen-bond donors (Lipinski definition) is 2. The Morgan fingerprint density at radius 3 is 2.52 bits per heavy atom. The van der Waals surface area contributed by atoms with Crippen molar-refractivity contribution in [2.75, 3.05) is 23.3 Å². The summed E-state index contributed by atoms with van der Waals surface area (Å²) in [5.41, 5.74) is 3.95. The van der Waals surface area contributed by atoms with Gasteiger partial charge in [-0.05, 0) is 73.2 Å². The van der Waals surface area contributed by atoms with Crippen molar-refractivity contribution in [1.29, 1.82) is 0 Å². The third-order valence-corrected chi connectivity index (χ3v) is 7.22. The zero-order chi connectivity index (χ0) is 22.8. The molecule has 0 aromatic heterocycles. The Balaban J connectivity index is 1.35. The summed E-state index contributed by atoms with van der Waals surface area (Å²) in [6.45, 7) is 0.795. The number of amides is 1. The molecule has 1 aliphatic heterocycles. The maximum atomic E-state index is 12.9. The van der Waals surface area contributed by atoms with Crippen molar-refractivity contribution < 1.29 is 22.7 Å². The Bertz CT molecular complexity index is 1320. The summed E-state index contributed by atoms with van der Waals surface area (Å²) in [6, 6.07) is 16.9. The van der Waals surface area contributed by atoms with Crippen LogP contribution >= 0.6 is 0 Å². The van der Waals surface area contributed by atoms with Crippen molar-refractivity contribution in [3.05, 3.63) is 77.4 Å². The van der Waals surface area contributed by atoms with E-state index in [-0.39, 0.29) is 10.8 Å². The molecule has 1 amide bonds. The Hall–Kier alpha value is -3.52. The third-order valence-electron chi connectivity index (χ3n) is 5.85. The molecule has 0 bridgehead atoms. The van der Waals surface area contributed by atoms with E-state index in [1.54, 1.807) is 24.3 Å². The van der Waals surface area contributed by atoms with E-state index in [0.29, 0.717) is 36.0 Å². The number of carbonyl (C=O) groups excluding carboxylic acids is 1.